The molecule has 1 atom stereocenters. The fourth-order valence-electron chi connectivity index (χ4n) is 2.35. The summed E-state index contributed by atoms with van der Waals surface area (Å²) >= 11 is 0. The summed E-state index contributed by atoms with van der Waals surface area (Å²) in [6, 6.07) is 16.1. The number of likely N-dealkylation sites (N-methyl/N-ethyl adjacent to an activating group) is 1. The summed E-state index contributed by atoms with van der Waals surface area (Å²) in [7, 11) is 1.80. The van der Waals surface area contributed by atoms with Crippen LogP contribution in [0, 0.1) is 0 Å². The van der Waals surface area contributed by atoms with E-state index < -0.39 is 0 Å². The first-order valence-electron chi connectivity index (χ1n) is 6.90. The fourth-order valence-corrected chi connectivity index (χ4v) is 2.35. The zero-order chi connectivity index (χ0) is 14.2. The van der Waals surface area contributed by atoms with Crippen LogP contribution in [-0.4, -0.2) is 24.4 Å². The number of carbonyl (C=O) groups excluding carboxylic acids is 1. The van der Waals surface area contributed by atoms with Gasteiger partial charge in [0, 0.05) is 18.3 Å². The molecule has 0 radical (unpaired) electrons. The van der Waals surface area contributed by atoms with Crippen LogP contribution in [0.4, 0.5) is 0 Å². The molecular formula is C17H20N2O. The zero-order valence-electron chi connectivity index (χ0n) is 11.8. The van der Waals surface area contributed by atoms with Gasteiger partial charge in [0.15, 0.2) is 0 Å². The third kappa shape index (κ3) is 4.28. The molecule has 0 saturated carbocycles. The maximum Gasteiger partial charge on any atom is 0.147 e. The molecule has 0 bridgehead atoms. The lowest BCUT2D eigenvalue weighted by molar-refractivity contribution is -0.118. The molecule has 0 fully saturated rings. The Labute approximate surface area is 120 Å². The number of pyridine rings is 1. The van der Waals surface area contributed by atoms with Crippen molar-refractivity contribution in [3.63, 3.8) is 0 Å². The van der Waals surface area contributed by atoms with Crippen molar-refractivity contribution in [3.8, 4) is 0 Å². The minimum absolute atomic E-state index is 0.187. The molecule has 20 heavy (non-hydrogen) atoms. The Kier molecular flexibility index (Phi) is 5.44. The molecule has 0 aliphatic heterocycles. The number of benzene rings is 1. The summed E-state index contributed by atoms with van der Waals surface area (Å²) in [5.74, 6) is 0.421. The molecule has 0 unspecified atom stereocenters. The summed E-state index contributed by atoms with van der Waals surface area (Å²) in [5, 5.41) is 2.92. The smallest absolute Gasteiger partial charge is 0.147 e. The van der Waals surface area contributed by atoms with Gasteiger partial charge in [-0.3, -0.25) is 9.78 Å². The van der Waals surface area contributed by atoms with Crippen LogP contribution in [0.2, 0.25) is 0 Å². The molecule has 0 saturated heterocycles. The topological polar surface area (TPSA) is 42.0 Å². The SMILES string of the molecule is CNCC(=O)C[C@@H](Cc1ccccn1)c1ccccc1. The lowest BCUT2D eigenvalue weighted by Gasteiger charge is -2.16. The Balaban J connectivity index is 2.14. The largest absolute Gasteiger partial charge is 0.313 e. The molecular weight excluding hydrogens is 248 g/mol. The molecule has 1 aromatic carbocycles. The maximum atomic E-state index is 11.9. The van der Waals surface area contributed by atoms with Crippen molar-refractivity contribution >= 4 is 5.78 Å². The van der Waals surface area contributed by atoms with Gasteiger partial charge in [-0.15, -0.1) is 0 Å². The minimum atomic E-state index is 0.187. The van der Waals surface area contributed by atoms with Crippen LogP contribution in [0.15, 0.2) is 54.7 Å². The number of nitrogens with one attached hydrogen (secondary N) is 1. The van der Waals surface area contributed by atoms with Crippen LogP contribution >= 0.6 is 0 Å². The minimum Gasteiger partial charge on any atom is -0.313 e. The van der Waals surface area contributed by atoms with Gasteiger partial charge in [0.05, 0.1) is 6.54 Å². The number of rotatable bonds is 7. The van der Waals surface area contributed by atoms with Gasteiger partial charge < -0.3 is 5.32 Å². The van der Waals surface area contributed by atoms with E-state index in [0.717, 1.165) is 12.1 Å². The van der Waals surface area contributed by atoms with Crippen LogP contribution in [-0.2, 0) is 11.2 Å². The highest BCUT2D eigenvalue weighted by molar-refractivity contribution is 5.81. The van der Waals surface area contributed by atoms with Gasteiger partial charge in [-0.2, -0.15) is 0 Å². The average molecular weight is 268 g/mol. The molecule has 3 heteroatoms. The van der Waals surface area contributed by atoms with Gasteiger partial charge >= 0.3 is 0 Å². The number of Topliss-reactive ketones (excluding diaryl/α,β-unsaturated/α-hetero) is 1. The van der Waals surface area contributed by atoms with E-state index in [1.807, 2.05) is 36.4 Å². The second-order valence-corrected chi connectivity index (χ2v) is 4.91. The van der Waals surface area contributed by atoms with Crippen molar-refractivity contribution in [1.29, 1.82) is 0 Å². The predicted molar refractivity (Wildman–Crippen MR) is 80.7 cm³/mol. The standard InChI is InChI=1S/C17H20N2O/c1-18-13-17(20)12-15(14-7-3-2-4-8-14)11-16-9-5-6-10-19-16/h2-10,15,18H,11-13H2,1H3/t15-/m1/s1. The monoisotopic (exact) mass is 268 g/mol. The van der Waals surface area contributed by atoms with E-state index in [1.165, 1.54) is 5.56 Å². The number of aromatic nitrogens is 1. The number of carbonyl (C=O) groups is 1. The van der Waals surface area contributed by atoms with Gasteiger partial charge in [-0.25, -0.2) is 0 Å². The summed E-state index contributed by atoms with van der Waals surface area (Å²) in [6.07, 6.45) is 3.13. The zero-order valence-corrected chi connectivity index (χ0v) is 11.8. The molecule has 0 aliphatic rings. The Hall–Kier alpha value is -2.00. The first-order valence-corrected chi connectivity index (χ1v) is 6.90. The van der Waals surface area contributed by atoms with Crippen LogP contribution in [0.5, 0.6) is 0 Å². The molecule has 1 heterocycles. The van der Waals surface area contributed by atoms with Gasteiger partial charge in [0.25, 0.3) is 0 Å². The lowest BCUT2D eigenvalue weighted by atomic mass is 9.89. The third-order valence-electron chi connectivity index (χ3n) is 3.30. The quantitative estimate of drug-likeness (QED) is 0.839. The predicted octanol–water partition coefficient (Wildman–Crippen LogP) is 2.59. The van der Waals surface area contributed by atoms with E-state index in [1.54, 1.807) is 13.2 Å². The molecule has 104 valence electrons. The Morgan fingerprint density at radius 2 is 1.90 bits per heavy atom. The van der Waals surface area contributed by atoms with E-state index in [9.17, 15) is 4.79 Å². The average Bonchev–Trinajstić information content (AvgIpc) is 2.49. The normalized spacial score (nSPS) is 12.1. The summed E-state index contributed by atoms with van der Waals surface area (Å²) < 4.78 is 0. The first kappa shape index (κ1) is 14.4. The van der Waals surface area contributed by atoms with Gasteiger partial charge in [-0.1, -0.05) is 36.4 Å². The Morgan fingerprint density at radius 3 is 2.55 bits per heavy atom. The highest BCUT2D eigenvalue weighted by Gasteiger charge is 2.16. The van der Waals surface area contributed by atoms with E-state index >= 15 is 0 Å². The Bertz CT molecular complexity index is 525. The summed E-state index contributed by atoms with van der Waals surface area (Å²) in [6.45, 7) is 0.422. The Morgan fingerprint density at radius 1 is 1.15 bits per heavy atom. The van der Waals surface area contributed by atoms with Crippen molar-refractivity contribution in [3.05, 3.63) is 66.0 Å². The molecule has 2 aromatic rings. The molecule has 2 rings (SSSR count). The lowest BCUT2D eigenvalue weighted by Crippen LogP contribution is -2.21. The van der Waals surface area contributed by atoms with Crippen molar-refractivity contribution < 1.29 is 4.79 Å². The van der Waals surface area contributed by atoms with Crippen LogP contribution < -0.4 is 5.32 Å². The van der Waals surface area contributed by atoms with Crippen molar-refractivity contribution in [2.24, 2.45) is 0 Å². The molecule has 1 N–H and O–H groups in total. The van der Waals surface area contributed by atoms with E-state index in [-0.39, 0.29) is 11.7 Å². The number of hydrogen-bond acceptors (Lipinski definition) is 3. The van der Waals surface area contributed by atoms with Gasteiger partial charge in [-0.05, 0) is 37.1 Å². The molecule has 0 aliphatic carbocycles. The highest BCUT2D eigenvalue weighted by Crippen LogP contribution is 2.23. The number of hydrogen-bond donors (Lipinski definition) is 1. The maximum absolute atomic E-state index is 11.9. The number of ketones is 1. The van der Waals surface area contributed by atoms with Gasteiger partial charge in [0.2, 0.25) is 0 Å². The van der Waals surface area contributed by atoms with Crippen molar-refractivity contribution in [2.75, 3.05) is 13.6 Å². The first-order chi connectivity index (χ1) is 9.79. The molecule has 3 nitrogen and oxygen atoms in total. The second-order valence-electron chi connectivity index (χ2n) is 4.91. The third-order valence-corrected chi connectivity index (χ3v) is 3.30. The highest BCUT2D eigenvalue weighted by atomic mass is 16.1. The van der Waals surface area contributed by atoms with Crippen LogP contribution in [0.3, 0.4) is 0 Å². The van der Waals surface area contributed by atoms with Crippen molar-refractivity contribution in [2.45, 2.75) is 18.8 Å². The number of nitrogens with zero attached hydrogens (tertiary/aromatic N) is 1. The summed E-state index contributed by atoms with van der Waals surface area (Å²) in [5.41, 5.74) is 2.22. The summed E-state index contributed by atoms with van der Waals surface area (Å²) in [4.78, 5) is 16.3. The molecule has 1 aromatic heterocycles. The fraction of sp³-hybridized carbons (Fsp3) is 0.294. The van der Waals surface area contributed by atoms with Crippen LogP contribution in [0.1, 0.15) is 23.6 Å². The molecule has 0 spiro atoms. The van der Waals surface area contributed by atoms with E-state index in [2.05, 4.69) is 22.4 Å². The second kappa shape index (κ2) is 7.56. The van der Waals surface area contributed by atoms with Gasteiger partial charge in [0.1, 0.15) is 5.78 Å². The van der Waals surface area contributed by atoms with E-state index in [0.29, 0.717) is 13.0 Å². The van der Waals surface area contributed by atoms with E-state index in [4.69, 9.17) is 0 Å². The van der Waals surface area contributed by atoms with Crippen molar-refractivity contribution in [1.82, 2.24) is 10.3 Å². The molecule has 0 amide bonds. The van der Waals surface area contributed by atoms with Crippen LogP contribution in [0.25, 0.3) is 0 Å².